The Hall–Kier alpha value is -1.35. The summed E-state index contributed by atoms with van der Waals surface area (Å²) in [6.07, 6.45) is -0.676. The van der Waals surface area contributed by atoms with E-state index in [2.05, 4.69) is 28.1 Å². The van der Waals surface area contributed by atoms with E-state index in [9.17, 15) is 5.11 Å². The number of rotatable bonds is 2. The first-order chi connectivity index (χ1) is 10.1. The topological polar surface area (TPSA) is 20.2 Å². The van der Waals surface area contributed by atoms with E-state index in [1.807, 2.05) is 43.3 Å². The molecule has 0 spiro atoms. The molecule has 3 aromatic carbocycles. The largest absolute Gasteiger partial charge is 0.384 e. The molecule has 3 heteroatoms. The summed E-state index contributed by atoms with van der Waals surface area (Å²) in [5, 5.41) is 13.7. The molecule has 0 amide bonds. The molecule has 21 heavy (non-hydrogen) atoms. The second kappa shape index (κ2) is 5.80. The van der Waals surface area contributed by atoms with Crippen LogP contribution in [0, 0.1) is 6.92 Å². The van der Waals surface area contributed by atoms with Crippen LogP contribution >= 0.6 is 27.5 Å². The van der Waals surface area contributed by atoms with Crippen molar-refractivity contribution in [1.82, 2.24) is 0 Å². The molecule has 3 rings (SSSR count). The predicted molar refractivity (Wildman–Crippen MR) is 91.9 cm³/mol. The molecule has 0 aromatic heterocycles. The lowest BCUT2D eigenvalue weighted by Gasteiger charge is -2.17. The molecule has 106 valence electrons. The Balaban J connectivity index is 2.19. The highest BCUT2D eigenvalue weighted by Gasteiger charge is 2.17. The zero-order valence-corrected chi connectivity index (χ0v) is 13.8. The van der Waals surface area contributed by atoms with Gasteiger partial charge in [0.05, 0.1) is 5.02 Å². The van der Waals surface area contributed by atoms with Gasteiger partial charge in [0.1, 0.15) is 6.10 Å². The summed E-state index contributed by atoms with van der Waals surface area (Å²) in [7, 11) is 0. The smallest absolute Gasteiger partial charge is 0.105 e. The van der Waals surface area contributed by atoms with Gasteiger partial charge >= 0.3 is 0 Å². The second-order valence-electron chi connectivity index (χ2n) is 5.09. The molecule has 1 atom stereocenters. The van der Waals surface area contributed by atoms with Crippen molar-refractivity contribution in [3.63, 3.8) is 0 Å². The van der Waals surface area contributed by atoms with Crippen LogP contribution in [0.4, 0.5) is 0 Å². The van der Waals surface area contributed by atoms with Crippen LogP contribution in [-0.2, 0) is 0 Å². The van der Waals surface area contributed by atoms with Gasteiger partial charge in [-0.3, -0.25) is 0 Å². The number of benzene rings is 3. The Morgan fingerprint density at radius 1 is 1.05 bits per heavy atom. The van der Waals surface area contributed by atoms with Crippen LogP contribution in [0.2, 0.25) is 5.02 Å². The molecule has 1 nitrogen and oxygen atoms in total. The maximum absolute atomic E-state index is 10.8. The number of aliphatic hydroxyl groups excluding tert-OH is 1. The van der Waals surface area contributed by atoms with Gasteiger partial charge in [-0.2, -0.15) is 0 Å². The number of hydrogen-bond acceptors (Lipinski definition) is 1. The van der Waals surface area contributed by atoms with Crippen LogP contribution in [0.15, 0.2) is 59.1 Å². The van der Waals surface area contributed by atoms with Crippen molar-refractivity contribution in [2.75, 3.05) is 0 Å². The standard InChI is InChI=1S/C18H14BrClO/c1-11-6-7-12-4-2-3-5-14(12)17(11)18(21)13-8-9-16(20)15(19)10-13/h2-10,18,21H,1H3. The predicted octanol–water partition coefficient (Wildman–Crippen LogP) is 5.65. The van der Waals surface area contributed by atoms with E-state index in [0.717, 1.165) is 31.9 Å². The van der Waals surface area contributed by atoms with E-state index in [1.165, 1.54) is 0 Å². The van der Waals surface area contributed by atoms with Crippen molar-refractivity contribution in [3.05, 3.63) is 80.8 Å². The molecule has 0 saturated heterocycles. The number of aliphatic hydroxyl groups is 1. The highest BCUT2D eigenvalue weighted by molar-refractivity contribution is 9.10. The molecule has 1 unspecified atom stereocenters. The minimum Gasteiger partial charge on any atom is -0.384 e. The first-order valence-corrected chi connectivity index (χ1v) is 7.86. The lowest BCUT2D eigenvalue weighted by molar-refractivity contribution is 0.221. The van der Waals surface area contributed by atoms with Gasteiger partial charge in [0, 0.05) is 4.47 Å². The van der Waals surface area contributed by atoms with Gasteiger partial charge in [-0.15, -0.1) is 0 Å². The highest BCUT2D eigenvalue weighted by Crippen LogP contribution is 2.34. The SMILES string of the molecule is Cc1ccc2ccccc2c1C(O)c1ccc(Cl)c(Br)c1. The molecule has 1 N–H and O–H groups in total. The van der Waals surface area contributed by atoms with Crippen molar-refractivity contribution < 1.29 is 5.11 Å². The molecule has 0 bridgehead atoms. The summed E-state index contributed by atoms with van der Waals surface area (Å²) in [5.41, 5.74) is 2.85. The molecule has 0 aliphatic carbocycles. The summed E-state index contributed by atoms with van der Waals surface area (Å²) in [5.74, 6) is 0. The first-order valence-electron chi connectivity index (χ1n) is 6.69. The third-order valence-corrected chi connectivity index (χ3v) is 4.94. The average Bonchev–Trinajstić information content (AvgIpc) is 2.49. The fourth-order valence-corrected chi connectivity index (χ4v) is 3.13. The zero-order chi connectivity index (χ0) is 15.0. The second-order valence-corrected chi connectivity index (χ2v) is 6.35. The van der Waals surface area contributed by atoms with Crippen LogP contribution in [-0.4, -0.2) is 5.11 Å². The summed E-state index contributed by atoms with van der Waals surface area (Å²) >= 11 is 9.44. The summed E-state index contributed by atoms with van der Waals surface area (Å²) < 4.78 is 0.790. The van der Waals surface area contributed by atoms with E-state index in [1.54, 1.807) is 6.07 Å². The minimum absolute atomic E-state index is 0.639. The molecule has 0 heterocycles. The third-order valence-electron chi connectivity index (χ3n) is 3.72. The van der Waals surface area contributed by atoms with E-state index in [-0.39, 0.29) is 0 Å². The number of fused-ring (bicyclic) bond motifs is 1. The number of halogens is 2. The molecule has 0 aliphatic rings. The van der Waals surface area contributed by atoms with Gasteiger partial charge in [-0.25, -0.2) is 0 Å². The Morgan fingerprint density at radius 2 is 1.81 bits per heavy atom. The lowest BCUT2D eigenvalue weighted by Crippen LogP contribution is -2.03. The van der Waals surface area contributed by atoms with Gasteiger partial charge in [0.2, 0.25) is 0 Å². The van der Waals surface area contributed by atoms with Crippen LogP contribution in [0.5, 0.6) is 0 Å². The summed E-state index contributed by atoms with van der Waals surface area (Å²) in [4.78, 5) is 0. The normalized spacial score (nSPS) is 12.6. The van der Waals surface area contributed by atoms with Gasteiger partial charge in [0.15, 0.2) is 0 Å². The Bertz CT molecular complexity index is 813. The highest BCUT2D eigenvalue weighted by atomic mass is 79.9. The van der Waals surface area contributed by atoms with Gasteiger partial charge < -0.3 is 5.11 Å². The lowest BCUT2D eigenvalue weighted by atomic mass is 9.92. The molecular weight excluding hydrogens is 348 g/mol. The molecule has 0 aliphatic heterocycles. The van der Waals surface area contributed by atoms with E-state index < -0.39 is 6.10 Å². The Labute approximate surface area is 137 Å². The molecule has 0 saturated carbocycles. The summed E-state index contributed by atoms with van der Waals surface area (Å²) in [6.45, 7) is 2.02. The fraction of sp³-hybridized carbons (Fsp3) is 0.111. The van der Waals surface area contributed by atoms with Gasteiger partial charge in [0.25, 0.3) is 0 Å². The van der Waals surface area contributed by atoms with E-state index in [0.29, 0.717) is 5.02 Å². The van der Waals surface area contributed by atoms with E-state index >= 15 is 0 Å². The van der Waals surface area contributed by atoms with Crippen molar-refractivity contribution in [3.8, 4) is 0 Å². The fourth-order valence-electron chi connectivity index (χ4n) is 2.62. The molecule has 3 aromatic rings. The minimum atomic E-state index is -0.676. The quantitative estimate of drug-likeness (QED) is 0.625. The Kier molecular flexibility index (Phi) is 4.03. The monoisotopic (exact) mass is 360 g/mol. The molecular formula is C18H14BrClO. The van der Waals surface area contributed by atoms with Crippen molar-refractivity contribution in [2.45, 2.75) is 13.0 Å². The van der Waals surface area contributed by atoms with Crippen LogP contribution in [0.3, 0.4) is 0 Å². The summed E-state index contributed by atoms with van der Waals surface area (Å²) in [6, 6.07) is 17.8. The number of hydrogen-bond donors (Lipinski definition) is 1. The van der Waals surface area contributed by atoms with Crippen LogP contribution < -0.4 is 0 Å². The zero-order valence-electron chi connectivity index (χ0n) is 11.5. The maximum atomic E-state index is 10.8. The van der Waals surface area contributed by atoms with Gasteiger partial charge in [-0.1, -0.05) is 54.1 Å². The molecule has 0 fully saturated rings. The van der Waals surface area contributed by atoms with Crippen LogP contribution in [0.1, 0.15) is 22.8 Å². The van der Waals surface area contributed by atoms with Crippen molar-refractivity contribution in [1.29, 1.82) is 0 Å². The average molecular weight is 362 g/mol. The Morgan fingerprint density at radius 3 is 2.57 bits per heavy atom. The van der Waals surface area contributed by atoms with Crippen molar-refractivity contribution >= 4 is 38.3 Å². The first kappa shape index (κ1) is 14.6. The van der Waals surface area contributed by atoms with E-state index in [4.69, 9.17) is 11.6 Å². The van der Waals surface area contributed by atoms with Crippen LogP contribution in [0.25, 0.3) is 10.8 Å². The third kappa shape index (κ3) is 2.71. The number of aryl methyl sites for hydroxylation is 1. The maximum Gasteiger partial charge on any atom is 0.105 e. The molecule has 0 radical (unpaired) electrons. The van der Waals surface area contributed by atoms with Crippen molar-refractivity contribution in [2.24, 2.45) is 0 Å². The van der Waals surface area contributed by atoms with Gasteiger partial charge in [-0.05, 0) is 62.4 Å².